The molecule has 0 radical (unpaired) electrons. The normalized spacial score (nSPS) is 18.1. The van der Waals surface area contributed by atoms with Crippen molar-refractivity contribution in [2.75, 3.05) is 13.1 Å². The number of benzene rings is 1. The molecule has 1 aliphatic heterocycles. The third-order valence-electron chi connectivity index (χ3n) is 3.90. The molecule has 0 atom stereocenters. The maximum Gasteiger partial charge on any atom is 0.227 e. The molecule has 0 aliphatic carbocycles. The number of hydrogen-bond acceptors (Lipinski definition) is 1. The molecule has 1 aromatic rings. The van der Waals surface area contributed by atoms with E-state index in [1.807, 2.05) is 0 Å². The van der Waals surface area contributed by atoms with Gasteiger partial charge in [-0.05, 0) is 46.3 Å². The fraction of sp³-hybridized carbons (Fsp3) is 0.533. The van der Waals surface area contributed by atoms with E-state index in [9.17, 15) is 13.6 Å². The first-order valence-electron chi connectivity index (χ1n) is 6.70. The van der Waals surface area contributed by atoms with Crippen LogP contribution in [-0.2, 0) is 11.2 Å². The highest BCUT2D eigenvalue weighted by Gasteiger charge is 2.28. The van der Waals surface area contributed by atoms with E-state index in [0.717, 1.165) is 25.0 Å². The topological polar surface area (TPSA) is 20.3 Å². The minimum Gasteiger partial charge on any atom is -0.342 e. The van der Waals surface area contributed by atoms with Crippen LogP contribution in [-0.4, -0.2) is 23.9 Å². The molecule has 0 saturated carbocycles. The number of rotatable bonds is 2. The molecule has 1 amide bonds. The van der Waals surface area contributed by atoms with Crippen molar-refractivity contribution in [1.29, 1.82) is 0 Å². The zero-order valence-electron chi connectivity index (χ0n) is 11.7. The number of carbonyl (C=O) groups is 1. The summed E-state index contributed by atoms with van der Waals surface area (Å²) < 4.78 is 27.2. The molecule has 2 nitrogen and oxygen atoms in total. The van der Waals surface area contributed by atoms with Crippen LogP contribution in [0.1, 0.15) is 32.3 Å². The number of halogens is 3. The van der Waals surface area contributed by atoms with Crippen LogP contribution in [0.3, 0.4) is 0 Å². The van der Waals surface area contributed by atoms with Crippen LogP contribution in [0.4, 0.5) is 8.78 Å². The molecule has 1 heterocycles. The van der Waals surface area contributed by atoms with E-state index in [-0.39, 0.29) is 27.8 Å². The summed E-state index contributed by atoms with van der Waals surface area (Å²) in [6, 6.07) is 2.16. The van der Waals surface area contributed by atoms with Gasteiger partial charge < -0.3 is 4.90 Å². The maximum absolute atomic E-state index is 13.7. The lowest BCUT2D eigenvalue weighted by Crippen LogP contribution is -2.41. The van der Waals surface area contributed by atoms with E-state index in [1.54, 1.807) is 4.90 Å². The van der Waals surface area contributed by atoms with Crippen molar-refractivity contribution in [2.45, 2.75) is 33.1 Å². The molecule has 110 valence electrons. The van der Waals surface area contributed by atoms with Gasteiger partial charge in [-0.2, -0.15) is 0 Å². The average Bonchev–Trinajstić information content (AvgIpc) is 2.35. The molecule has 1 aliphatic rings. The summed E-state index contributed by atoms with van der Waals surface area (Å²) in [4.78, 5) is 13.9. The SMILES string of the molecule is CC1(C)CCN(C(=O)Cc2cc(F)c(Br)cc2F)CC1. The molecule has 20 heavy (non-hydrogen) atoms. The molecular weight excluding hydrogens is 328 g/mol. The molecular formula is C15H18BrF2NO. The average molecular weight is 346 g/mol. The Morgan fingerprint density at radius 2 is 1.85 bits per heavy atom. The van der Waals surface area contributed by atoms with Gasteiger partial charge in [0, 0.05) is 18.7 Å². The fourth-order valence-electron chi connectivity index (χ4n) is 2.34. The van der Waals surface area contributed by atoms with Crippen molar-refractivity contribution in [2.24, 2.45) is 5.41 Å². The van der Waals surface area contributed by atoms with Gasteiger partial charge in [0.1, 0.15) is 11.6 Å². The molecule has 0 bridgehead atoms. The molecule has 1 saturated heterocycles. The number of nitrogens with zero attached hydrogens (tertiary/aromatic N) is 1. The minimum absolute atomic E-state index is 0.0749. The highest BCUT2D eigenvalue weighted by atomic mass is 79.9. The Morgan fingerprint density at radius 1 is 1.25 bits per heavy atom. The third-order valence-corrected chi connectivity index (χ3v) is 4.51. The maximum atomic E-state index is 13.7. The van der Waals surface area contributed by atoms with E-state index in [0.29, 0.717) is 13.1 Å². The number of hydrogen-bond donors (Lipinski definition) is 0. The quantitative estimate of drug-likeness (QED) is 0.744. The second-order valence-electron chi connectivity index (χ2n) is 6.08. The first-order chi connectivity index (χ1) is 9.28. The first-order valence-corrected chi connectivity index (χ1v) is 7.49. The Morgan fingerprint density at radius 3 is 2.45 bits per heavy atom. The Hall–Kier alpha value is -0.970. The number of piperidine rings is 1. The van der Waals surface area contributed by atoms with Crippen molar-refractivity contribution in [3.05, 3.63) is 33.8 Å². The number of carbonyl (C=O) groups excluding carboxylic acids is 1. The van der Waals surface area contributed by atoms with Crippen molar-refractivity contribution in [3.8, 4) is 0 Å². The predicted octanol–water partition coefficient (Wildman–Crippen LogP) is 3.92. The summed E-state index contributed by atoms with van der Waals surface area (Å²) in [7, 11) is 0. The highest BCUT2D eigenvalue weighted by molar-refractivity contribution is 9.10. The smallest absolute Gasteiger partial charge is 0.227 e. The molecule has 2 rings (SSSR count). The predicted molar refractivity (Wildman–Crippen MR) is 77.4 cm³/mol. The lowest BCUT2D eigenvalue weighted by atomic mass is 9.82. The van der Waals surface area contributed by atoms with Crippen LogP contribution in [0.15, 0.2) is 16.6 Å². The van der Waals surface area contributed by atoms with Gasteiger partial charge in [-0.3, -0.25) is 4.79 Å². The molecule has 0 aromatic heterocycles. The van der Waals surface area contributed by atoms with E-state index < -0.39 is 11.6 Å². The number of amides is 1. The second kappa shape index (κ2) is 5.80. The molecule has 5 heteroatoms. The lowest BCUT2D eigenvalue weighted by molar-refractivity contribution is -0.132. The lowest BCUT2D eigenvalue weighted by Gasteiger charge is -2.37. The Kier molecular flexibility index (Phi) is 4.47. The van der Waals surface area contributed by atoms with Gasteiger partial charge in [0.15, 0.2) is 0 Å². The van der Waals surface area contributed by atoms with Crippen LogP contribution < -0.4 is 0 Å². The molecule has 1 fully saturated rings. The summed E-state index contributed by atoms with van der Waals surface area (Å²) in [5, 5.41) is 0. The van der Waals surface area contributed by atoms with Gasteiger partial charge in [0.2, 0.25) is 5.91 Å². The standard InChI is InChI=1S/C15H18BrF2NO/c1-15(2)3-5-19(6-4-15)14(20)8-10-7-13(18)11(16)9-12(10)17/h7,9H,3-6,8H2,1-2H3. The van der Waals surface area contributed by atoms with Gasteiger partial charge in [0.25, 0.3) is 0 Å². The molecule has 0 N–H and O–H groups in total. The number of likely N-dealkylation sites (tertiary alicyclic amines) is 1. The Balaban J connectivity index is 2.04. The Labute approximate surface area is 126 Å². The summed E-state index contributed by atoms with van der Waals surface area (Å²) in [6.45, 7) is 5.73. The van der Waals surface area contributed by atoms with Crippen LogP contribution in [0.5, 0.6) is 0 Å². The van der Waals surface area contributed by atoms with Crippen LogP contribution in [0.2, 0.25) is 0 Å². The van der Waals surface area contributed by atoms with Gasteiger partial charge in [0.05, 0.1) is 10.9 Å². The van der Waals surface area contributed by atoms with E-state index >= 15 is 0 Å². The third kappa shape index (κ3) is 3.57. The Bertz CT molecular complexity index is 521. The van der Waals surface area contributed by atoms with Gasteiger partial charge in [-0.1, -0.05) is 13.8 Å². The van der Waals surface area contributed by atoms with Crippen LogP contribution in [0, 0.1) is 17.0 Å². The van der Waals surface area contributed by atoms with Crippen molar-refractivity contribution >= 4 is 21.8 Å². The monoisotopic (exact) mass is 345 g/mol. The largest absolute Gasteiger partial charge is 0.342 e. The second-order valence-corrected chi connectivity index (χ2v) is 6.93. The summed E-state index contributed by atoms with van der Waals surface area (Å²) in [5.74, 6) is -1.24. The van der Waals surface area contributed by atoms with Crippen molar-refractivity contribution in [3.63, 3.8) is 0 Å². The minimum atomic E-state index is -0.552. The zero-order chi connectivity index (χ0) is 14.9. The van der Waals surface area contributed by atoms with E-state index in [2.05, 4.69) is 29.8 Å². The van der Waals surface area contributed by atoms with Crippen LogP contribution in [0.25, 0.3) is 0 Å². The van der Waals surface area contributed by atoms with E-state index in [4.69, 9.17) is 0 Å². The summed E-state index contributed by atoms with van der Waals surface area (Å²) in [5.41, 5.74) is 0.367. The molecule has 0 unspecified atom stereocenters. The first kappa shape index (κ1) is 15.4. The zero-order valence-corrected chi connectivity index (χ0v) is 13.3. The van der Waals surface area contributed by atoms with Gasteiger partial charge in [-0.25, -0.2) is 8.78 Å². The molecule has 1 aromatic carbocycles. The van der Waals surface area contributed by atoms with E-state index in [1.165, 1.54) is 0 Å². The fourth-order valence-corrected chi connectivity index (χ4v) is 2.65. The van der Waals surface area contributed by atoms with Crippen molar-refractivity contribution < 1.29 is 13.6 Å². The summed E-state index contributed by atoms with van der Waals surface area (Å²) >= 11 is 2.93. The molecule has 0 spiro atoms. The van der Waals surface area contributed by atoms with Crippen LogP contribution >= 0.6 is 15.9 Å². The van der Waals surface area contributed by atoms with Gasteiger partial charge >= 0.3 is 0 Å². The van der Waals surface area contributed by atoms with Gasteiger partial charge in [-0.15, -0.1) is 0 Å². The van der Waals surface area contributed by atoms with Crippen molar-refractivity contribution in [1.82, 2.24) is 4.90 Å². The highest BCUT2D eigenvalue weighted by Crippen LogP contribution is 2.30. The summed E-state index contributed by atoms with van der Waals surface area (Å²) in [6.07, 6.45) is 1.79.